The zero-order valence-electron chi connectivity index (χ0n) is 12.4. The molecule has 0 aliphatic rings. The van der Waals surface area contributed by atoms with Crippen molar-refractivity contribution >= 4 is 28.7 Å². The van der Waals surface area contributed by atoms with Crippen LogP contribution in [-0.4, -0.2) is 5.11 Å². The molecular formula is C17H19FN2S. The molecule has 2 N–H and O–H groups in total. The Hall–Kier alpha value is -1.94. The Morgan fingerprint density at radius 2 is 1.86 bits per heavy atom. The standard InChI is InChI=1S/C17H19FN2S/c1-11(2)13-5-4-6-15(9-13)19-17(21)20-16-10-14(18)8-7-12(16)3/h4-11H,1-3H3,(H2,19,20,21). The molecule has 2 nitrogen and oxygen atoms in total. The van der Waals surface area contributed by atoms with Gasteiger partial charge in [0.1, 0.15) is 5.82 Å². The number of thiocarbonyl (C=S) groups is 1. The maximum Gasteiger partial charge on any atom is 0.175 e. The van der Waals surface area contributed by atoms with Gasteiger partial charge in [-0.25, -0.2) is 4.39 Å². The minimum absolute atomic E-state index is 0.285. The summed E-state index contributed by atoms with van der Waals surface area (Å²) in [6.45, 7) is 6.20. The van der Waals surface area contributed by atoms with Crippen molar-refractivity contribution in [3.63, 3.8) is 0 Å². The van der Waals surface area contributed by atoms with E-state index in [9.17, 15) is 4.39 Å². The molecule has 0 saturated carbocycles. The van der Waals surface area contributed by atoms with Crippen molar-refractivity contribution in [1.82, 2.24) is 0 Å². The molecule has 0 aromatic heterocycles. The Morgan fingerprint density at radius 1 is 1.10 bits per heavy atom. The molecule has 0 bridgehead atoms. The first-order chi connectivity index (χ1) is 9.95. The Morgan fingerprint density at radius 3 is 2.57 bits per heavy atom. The fourth-order valence-corrected chi connectivity index (χ4v) is 2.22. The monoisotopic (exact) mass is 302 g/mol. The second-order valence-corrected chi connectivity index (χ2v) is 5.73. The summed E-state index contributed by atoms with van der Waals surface area (Å²) in [6.07, 6.45) is 0. The third kappa shape index (κ3) is 4.26. The van der Waals surface area contributed by atoms with Gasteiger partial charge < -0.3 is 10.6 Å². The summed E-state index contributed by atoms with van der Waals surface area (Å²) in [5.41, 5.74) is 3.78. The van der Waals surface area contributed by atoms with Crippen molar-refractivity contribution < 1.29 is 4.39 Å². The fraction of sp³-hybridized carbons (Fsp3) is 0.235. The topological polar surface area (TPSA) is 24.1 Å². The first-order valence-corrected chi connectivity index (χ1v) is 7.30. The molecule has 0 atom stereocenters. The van der Waals surface area contributed by atoms with E-state index < -0.39 is 0 Å². The van der Waals surface area contributed by atoms with Crippen molar-refractivity contribution in [2.45, 2.75) is 26.7 Å². The summed E-state index contributed by atoms with van der Waals surface area (Å²) in [6, 6.07) is 12.7. The molecule has 21 heavy (non-hydrogen) atoms. The van der Waals surface area contributed by atoms with Crippen LogP contribution in [0.4, 0.5) is 15.8 Å². The lowest BCUT2D eigenvalue weighted by Gasteiger charge is -2.14. The van der Waals surface area contributed by atoms with E-state index in [0.717, 1.165) is 11.3 Å². The van der Waals surface area contributed by atoms with Crippen LogP contribution in [0.5, 0.6) is 0 Å². The molecule has 0 radical (unpaired) electrons. The van der Waals surface area contributed by atoms with Crippen LogP contribution in [0, 0.1) is 12.7 Å². The van der Waals surface area contributed by atoms with Crippen LogP contribution >= 0.6 is 12.2 Å². The highest BCUT2D eigenvalue weighted by atomic mass is 32.1. The predicted octanol–water partition coefficient (Wildman–Crippen LogP) is 5.07. The van der Waals surface area contributed by atoms with Gasteiger partial charge in [0.25, 0.3) is 0 Å². The van der Waals surface area contributed by atoms with Crippen molar-refractivity contribution in [2.75, 3.05) is 10.6 Å². The third-order valence-corrected chi connectivity index (χ3v) is 3.46. The van der Waals surface area contributed by atoms with Crippen molar-refractivity contribution in [1.29, 1.82) is 0 Å². The van der Waals surface area contributed by atoms with E-state index in [-0.39, 0.29) is 5.82 Å². The Labute approximate surface area is 130 Å². The smallest absolute Gasteiger partial charge is 0.175 e. The van der Waals surface area contributed by atoms with Crippen LogP contribution in [0.1, 0.15) is 30.9 Å². The maximum atomic E-state index is 13.3. The molecule has 0 amide bonds. The molecule has 0 unspecified atom stereocenters. The third-order valence-electron chi connectivity index (χ3n) is 3.26. The highest BCUT2D eigenvalue weighted by molar-refractivity contribution is 7.80. The molecule has 0 aliphatic heterocycles. The zero-order valence-corrected chi connectivity index (χ0v) is 13.2. The highest BCUT2D eigenvalue weighted by Gasteiger charge is 2.05. The van der Waals surface area contributed by atoms with Gasteiger partial charge in [-0.1, -0.05) is 32.0 Å². The number of nitrogens with one attached hydrogen (secondary N) is 2. The van der Waals surface area contributed by atoms with E-state index >= 15 is 0 Å². The largest absolute Gasteiger partial charge is 0.332 e. The molecule has 0 fully saturated rings. The summed E-state index contributed by atoms with van der Waals surface area (Å²) in [4.78, 5) is 0. The van der Waals surface area contributed by atoms with Gasteiger partial charge in [0, 0.05) is 11.4 Å². The van der Waals surface area contributed by atoms with Crippen LogP contribution in [0.2, 0.25) is 0 Å². The van der Waals surface area contributed by atoms with Gasteiger partial charge >= 0.3 is 0 Å². The number of rotatable bonds is 3. The number of anilines is 2. The van der Waals surface area contributed by atoms with E-state index in [1.54, 1.807) is 6.07 Å². The number of hydrogen-bond acceptors (Lipinski definition) is 1. The van der Waals surface area contributed by atoms with Crippen LogP contribution in [0.3, 0.4) is 0 Å². The van der Waals surface area contributed by atoms with E-state index in [2.05, 4.69) is 36.6 Å². The van der Waals surface area contributed by atoms with Gasteiger partial charge in [-0.3, -0.25) is 0 Å². The summed E-state index contributed by atoms with van der Waals surface area (Å²) in [5, 5.41) is 6.61. The molecule has 4 heteroatoms. The first-order valence-electron chi connectivity index (χ1n) is 6.90. The van der Waals surface area contributed by atoms with Crippen molar-refractivity contribution in [3.05, 3.63) is 59.4 Å². The molecule has 0 aliphatic carbocycles. The normalized spacial score (nSPS) is 10.5. The number of aryl methyl sites for hydroxylation is 1. The van der Waals surface area contributed by atoms with E-state index in [1.165, 1.54) is 17.7 Å². The quantitative estimate of drug-likeness (QED) is 0.774. The zero-order chi connectivity index (χ0) is 15.4. The molecule has 0 heterocycles. The maximum absolute atomic E-state index is 13.3. The first kappa shape index (κ1) is 15.4. The van der Waals surface area contributed by atoms with E-state index in [4.69, 9.17) is 12.2 Å². The van der Waals surface area contributed by atoms with Gasteiger partial charge in [0.15, 0.2) is 5.11 Å². The predicted molar refractivity (Wildman–Crippen MR) is 91.5 cm³/mol. The minimum Gasteiger partial charge on any atom is -0.332 e. The number of hydrogen-bond donors (Lipinski definition) is 2. The van der Waals surface area contributed by atoms with Gasteiger partial charge in [-0.2, -0.15) is 0 Å². The van der Waals surface area contributed by atoms with Crippen LogP contribution in [0.15, 0.2) is 42.5 Å². The van der Waals surface area contributed by atoms with Gasteiger partial charge in [0.2, 0.25) is 0 Å². The van der Waals surface area contributed by atoms with Crippen LogP contribution < -0.4 is 10.6 Å². The average Bonchev–Trinajstić information content (AvgIpc) is 2.43. The van der Waals surface area contributed by atoms with Crippen LogP contribution in [-0.2, 0) is 0 Å². The van der Waals surface area contributed by atoms with Crippen LogP contribution in [0.25, 0.3) is 0 Å². The SMILES string of the molecule is Cc1ccc(F)cc1NC(=S)Nc1cccc(C(C)C)c1. The average molecular weight is 302 g/mol. The molecule has 110 valence electrons. The summed E-state index contributed by atoms with van der Waals surface area (Å²) in [5.74, 6) is 0.173. The summed E-state index contributed by atoms with van der Waals surface area (Å²) >= 11 is 5.29. The number of halogens is 1. The minimum atomic E-state index is -0.285. The lowest BCUT2D eigenvalue weighted by Crippen LogP contribution is -2.19. The fourth-order valence-electron chi connectivity index (χ4n) is 1.99. The van der Waals surface area contributed by atoms with Gasteiger partial charge in [0.05, 0.1) is 0 Å². The Balaban J connectivity index is 2.08. The Bertz CT molecular complexity index is 653. The highest BCUT2D eigenvalue weighted by Crippen LogP contribution is 2.20. The molecular weight excluding hydrogens is 283 g/mol. The summed E-state index contributed by atoms with van der Waals surface area (Å²) < 4.78 is 13.3. The lowest BCUT2D eigenvalue weighted by atomic mass is 10.0. The number of benzene rings is 2. The molecule has 2 rings (SSSR count). The van der Waals surface area contributed by atoms with E-state index in [1.807, 2.05) is 19.1 Å². The lowest BCUT2D eigenvalue weighted by molar-refractivity contribution is 0.628. The van der Waals surface area contributed by atoms with Crippen molar-refractivity contribution in [2.24, 2.45) is 0 Å². The van der Waals surface area contributed by atoms with Gasteiger partial charge in [-0.15, -0.1) is 0 Å². The molecule has 0 saturated heterocycles. The second-order valence-electron chi connectivity index (χ2n) is 5.32. The van der Waals surface area contributed by atoms with Crippen molar-refractivity contribution in [3.8, 4) is 0 Å². The molecule has 2 aromatic carbocycles. The van der Waals surface area contributed by atoms with Gasteiger partial charge in [-0.05, 0) is 60.5 Å². The second kappa shape index (κ2) is 6.68. The molecule has 2 aromatic rings. The van der Waals surface area contributed by atoms with E-state index in [0.29, 0.717) is 16.7 Å². The summed E-state index contributed by atoms with van der Waals surface area (Å²) in [7, 11) is 0. The Kier molecular flexibility index (Phi) is 4.91. The molecule has 0 spiro atoms.